The molecule has 0 aliphatic heterocycles. The first kappa shape index (κ1) is 36.3. The van der Waals surface area contributed by atoms with Crippen LogP contribution < -0.4 is 0 Å². The second-order valence-electron chi connectivity index (χ2n) is 16.9. The Morgan fingerprint density at radius 2 is 1.26 bits per heavy atom. The third kappa shape index (κ3) is 6.83. The zero-order valence-corrected chi connectivity index (χ0v) is 33.9. The second-order valence-corrected chi connectivity index (χ2v) is 17.9. The average molecular weight is 761 g/mol. The van der Waals surface area contributed by atoms with Crippen LogP contribution in [-0.2, 0) is 10.8 Å². The highest BCUT2D eigenvalue weighted by Crippen LogP contribution is 2.45. The lowest BCUT2D eigenvalue weighted by Crippen LogP contribution is -2.17. The molecule has 0 saturated carbocycles. The molecule has 0 unspecified atom stereocenters. The van der Waals surface area contributed by atoms with Crippen molar-refractivity contribution in [3.63, 3.8) is 0 Å². The maximum absolute atomic E-state index is 11.5. The summed E-state index contributed by atoms with van der Waals surface area (Å²) in [4.78, 5) is 10.4. The fourth-order valence-electron chi connectivity index (χ4n) is 7.65. The molecule has 280 valence electrons. The van der Waals surface area contributed by atoms with Crippen LogP contribution in [0.25, 0.3) is 76.1 Å². The summed E-state index contributed by atoms with van der Waals surface area (Å²) in [5.74, 6) is 0.269. The smallest absolute Gasteiger partial charge is 0.143 e. The molecule has 2 aromatic heterocycles. The van der Waals surface area contributed by atoms with E-state index in [-0.39, 0.29) is 16.6 Å². The summed E-state index contributed by atoms with van der Waals surface area (Å²) >= 11 is 1.66. The van der Waals surface area contributed by atoms with E-state index in [4.69, 9.17) is 14.4 Å². The van der Waals surface area contributed by atoms with E-state index in [1.54, 1.807) is 17.6 Å². The van der Waals surface area contributed by atoms with Crippen molar-refractivity contribution < 1.29 is 9.52 Å². The Labute approximate surface area is 337 Å². The molecule has 57 heavy (non-hydrogen) atoms. The Balaban J connectivity index is 1.22. The number of phenols is 1. The number of hydrogen-bond donors (Lipinski definition) is 1. The van der Waals surface area contributed by atoms with Crippen LogP contribution in [-0.4, -0.2) is 16.3 Å². The molecule has 0 amide bonds. The van der Waals surface area contributed by atoms with Gasteiger partial charge in [0.25, 0.3) is 0 Å². The highest BCUT2D eigenvalue weighted by atomic mass is 32.1. The molecule has 0 radical (unpaired) electrons. The predicted molar refractivity (Wildman–Crippen MR) is 241 cm³/mol. The zero-order valence-electron chi connectivity index (χ0n) is 33.1. The summed E-state index contributed by atoms with van der Waals surface area (Å²) in [5, 5.41) is 14.6. The zero-order chi connectivity index (χ0) is 39.5. The largest absolute Gasteiger partial charge is 0.507 e. The minimum absolute atomic E-state index is 0.0959. The second kappa shape index (κ2) is 14.0. The highest BCUT2D eigenvalue weighted by molar-refractivity contribution is 7.21. The van der Waals surface area contributed by atoms with Gasteiger partial charge in [-0.15, -0.1) is 11.3 Å². The molecule has 7 aromatic carbocycles. The molecule has 4 nitrogen and oxygen atoms in total. The predicted octanol–water partition coefficient (Wildman–Crippen LogP) is 14.9. The molecule has 0 bridgehead atoms. The Bertz CT molecular complexity index is 2990. The van der Waals surface area contributed by atoms with Crippen molar-refractivity contribution in [2.75, 3.05) is 0 Å². The topological polar surface area (TPSA) is 58.6 Å². The number of fused-ring (bicyclic) bond motifs is 4. The third-order valence-electron chi connectivity index (χ3n) is 10.8. The minimum Gasteiger partial charge on any atom is -0.507 e. The molecule has 0 saturated heterocycles. The van der Waals surface area contributed by atoms with Gasteiger partial charge in [0, 0.05) is 44.8 Å². The van der Waals surface area contributed by atoms with Crippen molar-refractivity contribution >= 4 is 55.4 Å². The summed E-state index contributed by atoms with van der Waals surface area (Å²) in [6, 6.07) is 50.7. The van der Waals surface area contributed by atoms with Crippen LogP contribution >= 0.6 is 11.3 Å². The van der Waals surface area contributed by atoms with Crippen LogP contribution in [0, 0.1) is 0 Å². The van der Waals surface area contributed by atoms with Crippen LogP contribution in [0.4, 0.5) is 5.69 Å². The van der Waals surface area contributed by atoms with E-state index in [1.165, 1.54) is 11.1 Å². The lowest BCUT2D eigenvalue weighted by Gasteiger charge is -2.27. The quantitative estimate of drug-likeness (QED) is 0.172. The number of benzene rings is 7. The maximum Gasteiger partial charge on any atom is 0.143 e. The molecular formula is C52H44N2O2S. The maximum atomic E-state index is 11.5. The van der Waals surface area contributed by atoms with Gasteiger partial charge in [-0.05, 0) is 81.1 Å². The van der Waals surface area contributed by atoms with Crippen LogP contribution in [0.15, 0.2) is 155 Å². The van der Waals surface area contributed by atoms with E-state index < -0.39 is 0 Å². The third-order valence-corrected chi connectivity index (χ3v) is 11.8. The van der Waals surface area contributed by atoms with Crippen LogP contribution in [0.3, 0.4) is 0 Å². The van der Waals surface area contributed by atoms with Crippen molar-refractivity contribution in [3.05, 3.63) is 162 Å². The number of furan rings is 1. The van der Waals surface area contributed by atoms with Gasteiger partial charge >= 0.3 is 0 Å². The van der Waals surface area contributed by atoms with E-state index in [0.717, 1.165) is 81.8 Å². The number of thiazole rings is 1. The van der Waals surface area contributed by atoms with Crippen molar-refractivity contribution in [1.82, 2.24) is 4.98 Å². The van der Waals surface area contributed by atoms with Crippen LogP contribution in [0.5, 0.6) is 5.75 Å². The normalized spacial score (nSPS) is 12.4. The monoisotopic (exact) mass is 760 g/mol. The van der Waals surface area contributed by atoms with Gasteiger partial charge in [-0.25, -0.2) is 4.98 Å². The number of hydrogen-bond acceptors (Lipinski definition) is 5. The molecular weight excluding hydrogens is 717 g/mol. The first-order chi connectivity index (χ1) is 27.4. The van der Waals surface area contributed by atoms with E-state index in [2.05, 4.69) is 151 Å². The van der Waals surface area contributed by atoms with E-state index in [9.17, 15) is 5.11 Å². The van der Waals surface area contributed by atoms with Gasteiger partial charge in [0.05, 0.1) is 15.9 Å². The molecule has 0 aliphatic carbocycles. The first-order valence-electron chi connectivity index (χ1n) is 19.4. The summed E-state index contributed by atoms with van der Waals surface area (Å²) in [6.07, 6.45) is 1.80. The SMILES string of the molecule is CC(C)(C)c1cc(C=Nc2ccccc2-c2nc3c(-c4cccc5c4oc4ccccc45)cc(-c4cccc(-c5ccccc5)c4)cc3s2)c(O)c(C(C)(C)C)c1. The summed E-state index contributed by atoms with van der Waals surface area (Å²) in [7, 11) is 0. The molecule has 9 rings (SSSR count). The average Bonchev–Trinajstić information content (AvgIpc) is 3.82. The lowest BCUT2D eigenvalue weighted by atomic mass is 9.79. The van der Waals surface area contributed by atoms with Gasteiger partial charge in [-0.2, -0.15) is 0 Å². The van der Waals surface area contributed by atoms with Crippen molar-refractivity contribution in [1.29, 1.82) is 0 Å². The van der Waals surface area contributed by atoms with E-state index >= 15 is 0 Å². The van der Waals surface area contributed by atoms with Gasteiger partial charge < -0.3 is 9.52 Å². The highest BCUT2D eigenvalue weighted by Gasteiger charge is 2.25. The Morgan fingerprint density at radius 3 is 2.05 bits per heavy atom. The molecule has 0 atom stereocenters. The van der Waals surface area contributed by atoms with Crippen molar-refractivity contribution in [2.24, 2.45) is 4.99 Å². The fourth-order valence-corrected chi connectivity index (χ4v) is 8.72. The number of phenolic OH excluding ortho intramolecular Hbond substituents is 1. The van der Waals surface area contributed by atoms with Crippen LogP contribution in [0.1, 0.15) is 58.2 Å². The Kier molecular flexibility index (Phi) is 8.94. The molecule has 1 N–H and O–H groups in total. The number of aliphatic imine (C=N–C) groups is 1. The van der Waals surface area contributed by atoms with E-state index in [1.807, 2.05) is 36.4 Å². The Hall–Kier alpha value is -6.30. The van der Waals surface area contributed by atoms with Crippen LogP contribution in [0.2, 0.25) is 0 Å². The standard InChI is InChI=1S/C52H44N2O2S/c1-51(2,3)37-27-36(48(55)43(30-37)52(4,5)6)31-53-44-24-12-10-21-41(44)50-54-47-42(40-23-15-22-39-38-20-11-13-25-45(38)56-49(39)40)28-35(29-46(47)57-50)34-19-14-18-33(26-34)32-16-8-7-9-17-32/h7-31,55H,1-6H3. The number of aromatic hydroxyl groups is 1. The number of nitrogens with zero attached hydrogens (tertiary/aromatic N) is 2. The molecule has 0 spiro atoms. The number of aromatic nitrogens is 1. The Morgan fingerprint density at radius 1 is 0.596 bits per heavy atom. The van der Waals surface area contributed by atoms with Gasteiger partial charge in [-0.3, -0.25) is 4.99 Å². The van der Waals surface area contributed by atoms with Gasteiger partial charge in [0.2, 0.25) is 0 Å². The van der Waals surface area contributed by atoms with E-state index in [0.29, 0.717) is 5.56 Å². The van der Waals surface area contributed by atoms with Gasteiger partial charge in [0.15, 0.2) is 0 Å². The van der Waals surface area contributed by atoms with Crippen molar-refractivity contribution in [3.8, 4) is 49.7 Å². The van der Waals surface area contributed by atoms with Gasteiger partial charge in [0.1, 0.15) is 21.9 Å². The van der Waals surface area contributed by atoms with Crippen molar-refractivity contribution in [2.45, 2.75) is 52.4 Å². The molecule has 0 fully saturated rings. The molecule has 0 aliphatic rings. The van der Waals surface area contributed by atoms with Gasteiger partial charge in [-0.1, -0.05) is 145 Å². The molecule has 5 heteroatoms. The lowest BCUT2D eigenvalue weighted by molar-refractivity contribution is 0.444. The molecule has 2 heterocycles. The number of para-hydroxylation sites is 3. The summed E-state index contributed by atoms with van der Waals surface area (Å²) < 4.78 is 7.67. The minimum atomic E-state index is -0.237. The fraction of sp³-hybridized carbons (Fsp3) is 0.154. The number of rotatable bonds is 6. The first-order valence-corrected chi connectivity index (χ1v) is 20.3. The molecule has 9 aromatic rings. The summed E-state index contributed by atoms with van der Waals surface area (Å²) in [5.41, 5.74) is 13.4. The summed E-state index contributed by atoms with van der Waals surface area (Å²) in [6.45, 7) is 13.0.